The number of hydrogen-bond donors (Lipinski definition) is 2. The summed E-state index contributed by atoms with van der Waals surface area (Å²) in [5.74, 6) is 0. The summed E-state index contributed by atoms with van der Waals surface area (Å²) in [6.07, 6.45) is 0.815. The van der Waals surface area contributed by atoms with Gasteiger partial charge in [-0.25, -0.2) is 0 Å². The van der Waals surface area contributed by atoms with Gasteiger partial charge >= 0.3 is 0 Å². The number of rotatable bonds is 2. The second-order valence-electron chi connectivity index (χ2n) is 1.43. The van der Waals surface area contributed by atoms with Crippen molar-refractivity contribution in [2.45, 2.75) is 13.0 Å². The molecule has 0 aliphatic rings. The summed E-state index contributed by atoms with van der Waals surface area (Å²) in [5.41, 5.74) is 0. The summed E-state index contributed by atoms with van der Waals surface area (Å²) in [4.78, 5) is 0. The van der Waals surface area contributed by atoms with Crippen molar-refractivity contribution in [2.75, 3.05) is 13.7 Å². The Morgan fingerprint density at radius 3 is 2.00 bits per heavy atom. The Bertz CT molecular complexity index is 52.3. The summed E-state index contributed by atoms with van der Waals surface area (Å²) < 4.78 is 4.31. The van der Waals surface area contributed by atoms with Gasteiger partial charge in [-0.3, -0.25) is 0 Å². The molecule has 0 spiro atoms. The molecular weight excluding hydrogens is 120 g/mol. The van der Waals surface area contributed by atoms with Gasteiger partial charge in [-0.05, 0) is 6.92 Å². The average Bonchev–Trinajstić information content (AvgIpc) is 1.89. The van der Waals surface area contributed by atoms with Crippen LogP contribution in [0.1, 0.15) is 6.92 Å². The normalized spacial score (nSPS) is 10.7. The molecule has 56 valence electrons. The van der Waals surface area contributed by atoms with Gasteiger partial charge < -0.3 is 14.9 Å². The third-order valence-corrected chi connectivity index (χ3v) is 0.431. The van der Waals surface area contributed by atoms with Gasteiger partial charge in [0.2, 0.25) is 0 Å². The monoisotopic (exact) mass is 134 g/mol. The third-order valence-electron chi connectivity index (χ3n) is 0.431. The minimum absolute atomic E-state index is 0.139. The molecule has 0 aliphatic heterocycles. The van der Waals surface area contributed by atoms with Crippen LogP contribution < -0.4 is 0 Å². The van der Waals surface area contributed by atoms with Crippen molar-refractivity contribution in [3.8, 4) is 0 Å². The predicted octanol–water partition coefficient (Wildman–Crippen LogP) is 0.136. The van der Waals surface area contributed by atoms with Crippen LogP contribution in [0.4, 0.5) is 0 Å². The molecule has 0 aliphatic carbocycles. The van der Waals surface area contributed by atoms with Crippen LogP contribution in [0.3, 0.4) is 0 Å². The van der Waals surface area contributed by atoms with Crippen LogP contribution in [0.5, 0.6) is 0 Å². The highest BCUT2D eigenvalue weighted by atomic mass is 16.5. The lowest BCUT2D eigenvalue weighted by Gasteiger charge is -1.90. The van der Waals surface area contributed by atoms with E-state index in [1.807, 2.05) is 0 Å². The number of ether oxygens (including phenoxy) is 1. The van der Waals surface area contributed by atoms with Crippen LogP contribution in [-0.2, 0) is 4.74 Å². The molecule has 0 aromatic heterocycles. The van der Waals surface area contributed by atoms with Crippen LogP contribution in [0, 0.1) is 0 Å². The maximum atomic E-state index is 8.11. The predicted molar refractivity (Wildman–Crippen MR) is 36.0 cm³/mol. The summed E-state index contributed by atoms with van der Waals surface area (Å²) in [7, 11) is 1.56. The van der Waals surface area contributed by atoms with E-state index in [4.69, 9.17) is 10.2 Å². The maximum absolute atomic E-state index is 8.11. The molecule has 2 N–H and O–H groups in total. The third kappa shape index (κ3) is 36.7. The molecule has 0 heterocycles. The van der Waals surface area contributed by atoms with Crippen molar-refractivity contribution in [1.29, 1.82) is 0 Å². The summed E-state index contributed by atoms with van der Waals surface area (Å²) in [5, 5.41) is 16.0. The Morgan fingerprint density at radius 1 is 1.78 bits per heavy atom. The van der Waals surface area contributed by atoms with E-state index in [-0.39, 0.29) is 6.61 Å². The molecule has 1 atom stereocenters. The molecule has 3 nitrogen and oxygen atoms in total. The first-order valence-electron chi connectivity index (χ1n) is 2.61. The van der Waals surface area contributed by atoms with Crippen LogP contribution >= 0.6 is 0 Å². The van der Waals surface area contributed by atoms with Crippen molar-refractivity contribution in [1.82, 2.24) is 0 Å². The van der Waals surface area contributed by atoms with E-state index in [1.165, 1.54) is 13.2 Å². The average molecular weight is 134 g/mol. The molecule has 0 rings (SSSR count). The molecule has 0 aromatic rings. The van der Waals surface area contributed by atoms with Crippen molar-refractivity contribution < 1.29 is 14.9 Å². The Kier molecular flexibility index (Phi) is 13.1. The SMILES string of the molecule is C=COC.CC(O)CO. The van der Waals surface area contributed by atoms with Crippen molar-refractivity contribution in [3.05, 3.63) is 12.8 Å². The minimum atomic E-state index is -0.560. The van der Waals surface area contributed by atoms with Gasteiger partial charge in [-0.15, -0.1) is 0 Å². The van der Waals surface area contributed by atoms with E-state index < -0.39 is 6.10 Å². The maximum Gasteiger partial charge on any atom is 0.0766 e. The molecule has 3 heteroatoms. The quantitative estimate of drug-likeness (QED) is 0.528. The lowest BCUT2D eigenvalue weighted by molar-refractivity contribution is 0.110. The fourth-order valence-corrected chi connectivity index (χ4v) is 0. The van der Waals surface area contributed by atoms with Crippen LogP contribution in [0.15, 0.2) is 12.8 Å². The first-order chi connectivity index (χ1) is 4.18. The molecule has 0 bridgehead atoms. The van der Waals surface area contributed by atoms with Gasteiger partial charge in [-0.2, -0.15) is 0 Å². The fourth-order valence-electron chi connectivity index (χ4n) is 0. The second kappa shape index (κ2) is 10.4. The van der Waals surface area contributed by atoms with Gasteiger partial charge in [0.1, 0.15) is 0 Å². The van der Waals surface area contributed by atoms with E-state index in [1.54, 1.807) is 7.11 Å². The van der Waals surface area contributed by atoms with Crippen LogP contribution in [0.2, 0.25) is 0 Å². The first kappa shape index (κ1) is 11.3. The van der Waals surface area contributed by atoms with E-state index in [2.05, 4.69) is 11.3 Å². The number of methoxy groups -OCH3 is 1. The van der Waals surface area contributed by atoms with Crippen molar-refractivity contribution in [2.24, 2.45) is 0 Å². The number of aliphatic hydroxyl groups is 2. The summed E-state index contributed by atoms with van der Waals surface area (Å²) in [6, 6.07) is 0. The zero-order valence-electron chi connectivity index (χ0n) is 5.87. The zero-order chi connectivity index (χ0) is 7.70. The molecule has 0 amide bonds. The lowest BCUT2D eigenvalue weighted by atomic mass is 10.5. The number of aliphatic hydroxyl groups excluding tert-OH is 2. The van der Waals surface area contributed by atoms with Crippen molar-refractivity contribution >= 4 is 0 Å². The first-order valence-corrected chi connectivity index (χ1v) is 2.61. The van der Waals surface area contributed by atoms with Gasteiger partial charge in [0.25, 0.3) is 0 Å². The molecule has 1 unspecified atom stereocenters. The van der Waals surface area contributed by atoms with Crippen molar-refractivity contribution in [3.63, 3.8) is 0 Å². The Balaban J connectivity index is 0. The van der Waals surface area contributed by atoms with Crippen LogP contribution in [-0.4, -0.2) is 30.0 Å². The van der Waals surface area contributed by atoms with E-state index in [0.29, 0.717) is 0 Å². The Morgan fingerprint density at radius 2 is 2.00 bits per heavy atom. The minimum Gasteiger partial charge on any atom is -0.505 e. The largest absolute Gasteiger partial charge is 0.505 e. The smallest absolute Gasteiger partial charge is 0.0766 e. The van der Waals surface area contributed by atoms with Gasteiger partial charge in [0.05, 0.1) is 26.1 Å². The Hall–Kier alpha value is -0.540. The molecule has 0 fully saturated rings. The highest BCUT2D eigenvalue weighted by Gasteiger charge is 1.83. The summed E-state index contributed by atoms with van der Waals surface area (Å²) in [6.45, 7) is 4.65. The number of hydrogen-bond acceptors (Lipinski definition) is 3. The van der Waals surface area contributed by atoms with Gasteiger partial charge in [-0.1, -0.05) is 6.58 Å². The fraction of sp³-hybridized carbons (Fsp3) is 0.667. The van der Waals surface area contributed by atoms with E-state index >= 15 is 0 Å². The van der Waals surface area contributed by atoms with E-state index in [0.717, 1.165) is 0 Å². The molecular formula is C6H14O3. The zero-order valence-corrected chi connectivity index (χ0v) is 5.87. The van der Waals surface area contributed by atoms with Gasteiger partial charge in [0.15, 0.2) is 0 Å². The van der Waals surface area contributed by atoms with Gasteiger partial charge in [0, 0.05) is 0 Å². The molecule has 9 heavy (non-hydrogen) atoms. The summed E-state index contributed by atoms with van der Waals surface area (Å²) >= 11 is 0. The molecule has 0 saturated carbocycles. The highest BCUT2D eigenvalue weighted by Crippen LogP contribution is 1.68. The topological polar surface area (TPSA) is 49.7 Å². The molecule has 0 radical (unpaired) electrons. The lowest BCUT2D eigenvalue weighted by Crippen LogP contribution is -2.03. The molecule has 0 aromatic carbocycles. The highest BCUT2D eigenvalue weighted by molar-refractivity contribution is 4.43. The standard InChI is InChI=1S/C3H8O2.C3H6O/c1-3(5)2-4;1-3-4-2/h3-5H,2H2,1H3;3H,1H2,2H3. The Labute approximate surface area is 55.6 Å². The van der Waals surface area contributed by atoms with E-state index in [9.17, 15) is 0 Å². The van der Waals surface area contributed by atoms with Crippen LogP contribution in [0.25, 0.3) is 0 Å². The molecule has 0 saturated heterocycles. The second-order valence-corrected chi connectivity index (χ2v) is 1.43.